The molecule has 3 heteroatoms. The van der Waals surface area contributed by atoms with Crippen molar-refractivity contribution in [2.24, 2.45) is 11.7 Å². The first kappa shape index (κ1) is 9.16. The first-order valence-corrected chi connectivity index (χ1v) is 5.72. The summed E-state index contributed by atoms with van der Waals surface area (Å²) >= 11 is 0. The summed E-state index contributed by atoms with van der Waals surface area (Å²) < 4.78 is 5.92. The molecule has 3 rings (SSSR count). The number of pyridine rings is 1. The van der Waals surface area contributed by atoms with Gasteiger partial charge in [0.25, 0.3) is 0 Å². The van der Waals surface area contributed by atoms with Crippen molar-refractivity contribution < 1.29 is 4.74 Å². The number of aromatic nitrogens is 1. The highest BCUT2D eigenvalue weighted by Gasteiger charge is 2.35. The first-order valence-electron chi connectivity index (χ1n) is 5.72. The average molecular weight is 204 g/mol. The largest absolute Gasteiger partial charge is 0.474 e. The van der Waals surface area contributed by atoms with Gasteiger partial charge in [-0.1, -0.05) is 12.5 Å². The number of fused-ring (bicyclic) bond motifs is 1. The normalized spacial score (nSPS) is 30.2. The van der Waals surface area contributed by atoms with E-state index in [2.05, 4.69) is 4.98 Å². The van der Waals surface area contributed by atoms with Gasteiger partial charge in [-0.15, -0.1) is 0 Å². The Labute approximate surface area is 89.6 Å². The molecule has 15 heavy (non-hydrogen) atoms. The van der Waals surface area contributed by atoms with Crippen molar-refractivity contribution in [3.63, 3.8) is 0 Å². The second-order valence-electron chi connectivity index (χ2n) is 4.59. The number of nitrogens with zero attached hydrogens (tertiary/aromatic N) is 1. The molecule has 1 aliphatic heterocycles. The summed E-state index contributed by atoms with van der Waals surface area (Å²) in [5, 5.41) is 0. The Morgan fingerprint density at radius 3 is 3.00 bits per heavy atom. The Hall–Kier alpha value is -1.09. The molecule has 0 spiro atoms. The lowest BCUT2D eigenvalue weighted by atomic mass is 9.78. The summed E-state index contributed by atoms with van der Waals surface area (Å²) in [4.78, 5) is 4.26. The van der Waals surface area contributed by atoms with E-state index in [1.807, 2.05) is 12.1 Å². The van der Waals surface area contributed by atoms with Gasteiger partial charge in [0.1, 0.15) is 6.10 Å². The Morgan fingerprint density at radius 1 is 1.40 bits per heavy atom. The number of hydrogen-bond acceptors (Lipinski definition) is 3. The summed E-state index contributed by atoms with van der Waals surface area (Å²) in [5.74, 6) is 1.47. The second-order valence-corrected chi connectivity index (χ2v) is 4.59. The molecule has 0 amide bonds. The molecule has 0 bridgehead atoms. The van der Waals surface area contributed by atoms with Crippen LogP contribution in [-0.4, -0.2) is 11.1 Å². The predicted molar refractivity (Wildman–Crippen MR) is 57.5 cm³/mol. The molecule has 3 nitrogen and oxygen atoms in total. The minimum Gasteiger partial charge on any atom is -0.474 e. The summed E-state index contributed by atoms with van der Waals surface area (Å²) in [6.07, 6.45) is 6.95. The molecule has 2 unspecified atom stereocenters. The predicted octanol–water partition coefficient (Wildman–Crippen LogP) is 2.03. The van der Waals surface area contributed by atoms with Crippen molar-refractivity contribution in [3.8, 4) is 5.88 Å². The van der Waals surface area contributed by atoms with Gasteiger partial charge in [-0.3, -0.25) is 0 Å². The molecule has 2 heterocycles. The number of ether oxygens (including phenoxy) is 1. The average Bonchev–Trinajstić information content (AvgIpc) is 2.15. The zero-order chi connectivity index (χ0) is 10.3. The van der Waals surface area contributed by atoms with Gasteiger partial charge in [0, 0.05) is 24.2 Å². The summed E-state index contributed by atoms with van der Waals surface area (Å²) in [6.45, 7) is 0. The lowest BCUT2D eigenvalue weighted by molar-refractivity contribution is 0.0535. The fourth-order valence-electron chi connectivity index (χ4n) is 2.45. The van der Waals surface area contributed by atoms with Crippen molar-refractivity contribution >= 4 is 0 Å². The standard InChI is InChI=1S/C12H16N2O/c13-10-7-11(8-3-1-4-8)15-12-9(10)5-2-6-14-12/h2,5-6,8,10-11H,1,3-4,7,13H2. The molecule has 2 atom stereocenters. The van der Waals surface area contributed by atoms with Crippen LogP contribution < -0.4 is 10.5 Å². The quantitative estimate of drug-likeness (QED) is 0.761. The van der Waals surface area contributed by atoms with Crippen molar-refractivity contribution in [2.75, 3.05) is 0 Å². The molecule has 1 fully saturated rings. The zero-order valence-electron chi connectivity index (χ0n) is 8.73. The highest BCUT2D eigenvalue weighted by atomic mass is 16.5. The lowest BCUT2D eigenvalue weighted by Crippen LogP contribution is -2.38. The molecule has 0 radical (unpaired) electrons. The monoisotopic (exact) mass is 204 g/mol. The second kappa shape index (κ2) is 3.49. The van der Waals surface area contributed by atoms with Gasteiger partial charge in [-0.25, -0.2) is 4.98 Å². The maximum Gasteiger partial charge on any atom is 0.218 e. The SMILES string of the molecule is NC1CC(C2CCC2)Oc2ncccc21. The zero-order valence-corrected chi connectivity index (χ0v) is 8.73. The minimum atomic E-state index is 0.105. The van der Waals surface area contributed by atoms with Crippen LogP contribution in [0.25, 0.3) is 0 Å². The summed E-state index contributed by atoms with van der Waals surface area (Å²) in [5.41, 5.74) is 7.20. The van der Waals surface area contributed by atoms with Crippen LogP contribution in [0.3, 0.4) is 0 Å². The van der Waals surface area contributed by atoms with Gasteiger partial charge in [0.05, 0.1) is 0 Å². The van der Waals surface area contributed by atoms with Gasteiger partial charge >= 0.3 is 0 Å². The Kier molecular flexibility index (Phi) is 2.13. The van der Waals surface area contributed by atoms with Gasteiger partial charge in [0.2, 0.25) is 5.88 Å². The van der Waals surface area contributed by atoms with Gasteiger partial charge in [-0.05, 0) is 24.8 Å². The van der Waals surface area contributed by atoms with Crippen LogP contribution in [0.2, 0.25) is 0 Å². The third kappa shape index (κ3) is 1.51. The topological polar surface area (TPSA) is 48.1 Å². The third-order valence-corrected chi connectivity index (χ3v) is 3.62. The number of hydrogen-bond donors (Lipinski definition) is 1. The van der Waals surface area contributed by atoms with Crippen LogP contribution in [0.4, 0.5) is 0 Å². The van der Waals surface area contributed by atoms with E-state index in [9.17, 15) is 0 Å². The summed E-state index contributed by atoms with van der Waals surface area (Å²) in [7, 11) is 0. The van der Waals surface area contributed by atoms with E-state index < -0.39 is 0 Å². The van der Waals surface area contributed by atoms with Crippen molar-refractivity contribution in [2.45, 2.75) is 37.8 Å². The molecule has 1 aromatic heterocycles. The third-order valence-electron chi connectivity index (χ3n) is 3.62. The van der Waals surface area contributed by atoms with E-state index in [0.29, 0.717) is 12.0 Å². The van der Waals surface area contributed by atoms with Crippen molar-refractivity contribution in [3.05, 3.63) is 23.9 Å². The molecule has 1 aliphatic carbocycles. The lowest BCUT2D eigenvalue weighted by Gasteiger charge is -2.38. The van der Waals surface area contributed by atoms with E-state index in [4.69, 9.17) is 10.5 Å². The molecule has 2 N–H and O–H groups in total. The van der Waals surface area contributed by atoms with Gasteiger partial charge in [-0.2, -0.15) is 0 Å². The van der Waals surface area contributed by atoms with Crippen LogP contribution in [0.1, 0.15) is 37.3 Å². The van der Waals surface area contributed by atoms with Crippen LogP contribution in [0, 0.1) is 5.92 Å². The number of rotatable bonds is 1. The van der Waals surface area contributed by atoms with E-state index in [-0.39, 0.29) is 6.04 Å². The van der Waals surface area contributed by atoms with E-state index in [1.165, 1.54) is 19.3 Å². The maximum absolute atomic E-state index is 6.13. The highest BCUT2D eigenvalue weighted by Crippen LogP contribution is 2.39. The van der Waals surface area contributed by atoms with Crippen LogP contribution in [0.15, 0.2) is 18.3 Å². The molecule has 0 aromatic carbocycles. The van der Waals surface area contributed by atoms with E-state index in [1.54, 1.807) is 6.20 Å². The van der Waals surface area contributed by atoms with Crippen LogP contribution in [0.5, 0.6) is 5.88 Å². The Morgan fingerprint density at radius 2 is 2.27 bits per heavy atom. The highest BCUT2D eigenvalue weighted by molar-refractivity contribution is 5.31. The molecule has 1 aromatic rings. The fourth-order valence-corrected chi connectivity index (χ4v) is 2.45. The van der Waals surface area contributed by atoms with E-state index >= 15 is 0 Å². The van der Waals surface area contributed by atoms with Crippen molar-refractivity contribution in [1.29, 1.82) is 0 Å². The van der Waals surface area contributed by atoms with E-state index in [0.717, 1.165) is 17.9 Å². The van der Waals surface area contributed by atoms with Gasteiger partial charge < -0.3 is 10.5 Å². The Balaban J connectivity index is 1.85. The Bertz CT molecular complexity index is 362. The minimum absolute atomic E-state index is 0.105. The molecular weight excluding hydrogens is 188 g/mol. The van der Waals surface area contributed by atoms with Crippen LogP contribution >= 0.6 is 0 Å². The number of nitrogens with two attached hydrogens (primary N) is 1. The molecule has 2 aliphatic rings. The van der Waals surface area contributed by atoms with Crippen LogP contribution in [-0.2, 0) is 0 Å². The maximum atomic E-state index is 6.13. The molecule has 0 saturated heterocycles. The molecule has 80 valence electrons. The van der Waals surface area contributed by atoms with Gasteiger partial charge in [0.15, 0.2) is 0 Å². The molecule has 1 saturated carbocycles. The fraction of sp³-hybridized carbons (Fsp3) is 0.583. The smallest absolute Gasteiger partial charge is 0.218 e. The summed E-state index contributed by atoms with van der Waals surface area (Å²) in [6, 6.07) is 4.04. The molecular formula is C12H16N2O. The first-order chi connectivity index (χ1) is 7.34. The van der Waals surface area contributed by atoms with Crippen molar-refractivity contribution in [1.82, 2.24) is 4.98 Å².